The average molecular weight is 322 g/mol. The fourth-order valence-corrected chi connectivity index (χ4v) is 3.24. The summed E-state index contributed by atoms with van der Waals surface area (Å²) in [6.45, 7) is 0. The number of aryl methyl sites for hydroxylation is 1. The van der Waals surface area contributed by atoms with Crippen LogP contribution >= 0.6 is 12.2 Å². The highest BCUT2D eigenvalue weighted by atomic mass is 32.1. The minimum absolute atomic E-state index is 0.0517. The summed E-state index contributed by atoms with van der Waals surface area (Å²) in [5.41, 5.74) is 2.70. The maximum atomic E-state index is 12.8. The second-order valence-electron chi connectivity index (χ2n) is 5.56. The number of hydrogen-bond donors (Lipinski definition) is 0. The van der Waals surface area contributed by atoms with Crippen molar-refractivity contribution in [2.45, 2.75) is 18.9 Å². The quantitative estimate of drug-likeness (QED) is 0.662. The highest BCUT2D eigenvalue weighted by Crippen LogP contribution is 2.30. The molecular weight excluding hydrogens is 308 g/mol. The summed E-state index contributed by atoms with van der Waals surface area (Å²) >= 11 is 5.29. The number of nitrogens with zero attached hydrogens (tertiary/aromatic N) is 2. The number of hydrogen-bond acceptors (Lipinski definition) is 4. The summed E-state index contributed by atoms with van der Waals surface area (Å²) in [5, 5.41) is 4.45. The highest BCUT2D eigenvalue weighted by Gasteiger charge is 2.30. The van der Waals surface area contributed by atoms with Gasteiger partial charge in [-0.25, -0.2) is 4.68 Å². The van der Waals surface area contributed by atoms with E-state index in [0.29, 0.717) is 12.3 Å². The van der Waals surface area contributed by atoms with E-state index in [9.17, 15) is 4.79 Å². The lowest BCUT2D eigenvalue weighted by Gasteiger charge is -2.22. The Bertz CT molecular complexity index is 927. The average Bonchev–Trinajstić information content (AvgIpc) is 2.98. The summed E-state index contributed by atoms with van der Waals surface area (Å²) in [6.07, 6.45) is 1.52. The molecule has 23 heavy (non-hydrogen) atoms. The van der Waals surface area contributed by atoms with Crippen molar-refractivity contribution < 1.29 is 9.21 Å². The molecule has 4 rings (SSSR count). The van der Waals surface area contributed by atoms with E-state index in [2.05, 4.69) is 5.10 Å². The van der Waals surface area contributed by atoms with Crippen LogP contribution in [0.3, 0.4) is 0 Å². The third-order valence-corrected chi connectivity index (χ3v) is 4.43. The Hall–Kier alpha value is -2.53. The van der Waals surface area contributed by atoms with Gasteiger partial charge in [0.05, 0.1) is 0 Å². The zero-order chi connectivity index (χ0) is 15.8. The van der Waals surface area contributed by atoms with Crippen molar-refractivity contribution in [3.63, 3.8) is 0 Å². The van der Waals surface area contributed by atoms with Gasteiger partial charge in [-0.1, -0.05) is 42.5 Å². The van der Waals surface area contributed by atoms with Crippen molar-refractivity contribution in [1.29, 1.82) is 0 Å². The molecule has 0 radical (unpaired) electrons. The molecule has 1 aliphatic rings. The fourth-order valence-electron chi connectivity index (χ4n) is 3.00. The maximum absolute atomic E-state index is 12.8. The van der Waals surface area contributed by atoms with Crippen molar-refractivity contribution in [3.05, 3.63) is 70.6 Å². The lowest BCUT2D eigenvalue weighted by Crippen LogP contribution is -2.26. The molecule has 2 aromatic carbocycles. The molecule has 1 atom stereocenters. The number of carbonyl (C=O) groups excluding carboxylic acids is 1. The van der Waals surface area contributed by atoms with Crippen molar-refractivity contribution >= 4 is 18.0 Å². The van der Waals surface area contributed by atoms with Crippen LogP contribution in [0.5, 0.6) is 0 Å². The number of Topliss-reactive ketones (excluding diaryl/α,β-unsaturated/α-hetero) is 1. The maximum Gasteiger partial charge on any atom is 0.288 e. The van der Waals surface area contributed by atoms with Crippen LogP contribution in [0.4, 0.5) is 0 Å². The summed E-state index contributed by atoms with van der Waals surface area (Å²) < 4.78 is 7.16. The van der Waals surface area contributed by atoms with Crippen LogP contribution in [-0.2, 0) is 6.42 Å². The molecule has 0 saturated carbocycles. The Balaban J connectivity index is 1.74. The molecule has 1 heterocycles. The third kappa shape index (κ3) is 2.43. The highest BCUT2D eigenvalue weighted by molar-refractivity contribution is 7.71. The molecule has 0 N–H and O–H groups in total. The Kier molecular flexibility index (Phi) is 3.42. The summed E-state index contributed by atoms with van der Waals surface area (Å²) in [5.74, 6) is 0.498. The van der Waals surface area contributed by atoms with Crippen LogP contribution in [0.2, 0.25) is 0 Å². The minimum Gasteiger partial charge on any atom is -0.409 e. The first-order valence-electron chi connectivity index (χ1n) is 7.51. The Morgan fingerprint density at radius 3 is 2.65 bits per heavy atom. The number of fused-ring (bicyclic) bond motifs is 1. The van der Waals surface area contributed by atoms with Crippen LogP contribution in [-0.4, -0.2) is 15.6 Å². The van der Waals surface area contributed by atoms with E-state index in [-0.39, 0.29) is 10.6 Å². The zero-order valence-corrected chi connectivity index (χ0v) is 13.1. The molecule has 1 aromatic heterocycles. The molecule has 4 nitrogen and oxygen atoms in total. The lowest BCUT2D eigenvalue weighted by atomic mass is 9.87. The van der Waals surface area contributed by atoms with Gasteiger partial charge in [-0.05, 0) is 42.8 Å². The van der Waals surface area contributed by atoms with Crippen LogP contribution < -0.4 is 0 Å². The molecule has 0 fully saturated rings. The van der Waals surface area contributed by atoms with Gasteiger partial charge in [-0.15, -0.1) is 5.10 Å². The molecular formula is C18H14N2O2S. The molecule has 0 saturated heterocycles. The normalized spacial score (nSPS) is 17.0. The van der Waals surface area contributed by atoms with Gasteiger partial charge < -0.3 is 4.42 Å². The first-order valence-corrected chi connectivity index (χ1v) is 7.92. The first-order chi connectivity index (χ1) is 11.2. The van der Waals surface area contributed by atoms with E-state index >= 15 is 0 Å². The Labute approximate surface area is 138 Å². The molecule has 1 aliphatic carbocycles. The molecule has 0 unspecified atom stereocenters. The van der Waals surface area contributed by atoms with E-state index in [1.54, 1.807) is 4.68 Å². The van der Waals surface area contributed by atoms with Gasteiger partial charge in [-0.3, -0.25) is 4.79 Å². The Morgan fingerprint density at radius 1 is 1.09 bits per heavy atom. The van der Waals surface area contributed by atoms with Crippen molar-refractivity contribution in [1.82, 2.24) is 9.78 Å². The number of ketones is 1. The second kappa shape index (κ2) is 5.59. The summed E-state index contributed by atoms with van der Waals surface area (Å²) in [6, 6.07) is 16.9. The first kappa shape index (κ1) is 14.1. The van der Waals surface area contributed by atoms with Gasteiger partial charge in [0, 0.05) is 11.1 Å². The molecule has 3 aromatic rings. The number of carbonyl (C=O) groups is 1. The molecule has 5 heteroatoms. The third-order valence-electron chi connectivity index (χ3n) is 4.16. The second-order valence-corrected chi connectivity index (χ2v) is 5.91. The van der Waals surface area contributed by atoms with Crippen molar-refractivity contribution in [3.8, 4) is 11.5 Å². The number of rotatable bonds is 2. The van der Waals surface area contributed by atoms with Gasteiger partial charge in [0.1, 0.15) is 6.04 Å². The number of benzene rings is 2. The monoisotopic (exact) mass is 322 g/mol. The van der Waals surface area contributed by atoms with Gasteiger partial charge in [0.25, 0.3) is 4.84 Å². The van der Waals surface area contributed by atoms with Crippen LogP contribution in [0, 0.1) is 4.84 Å². The lowest BCUT2D eigenvalue weighted by molar-refractivity contribution is 0.0896. The molecule has 0 amide bonds. The molecule has 0 spiro atoms. The van der Waals surface area contributed by atoms with E-state index in [0.717, 1.165) is 23.1 Å². The van der Waals surface area contributed by atoms with E-state index < -0.39 is 6.04 Å². The van der Waals surface area contributed by atoms with Gasteiger partial charge in [0.2, 0.25) is 5.89 Å². The summed E-state index contributed by atoms with van der Waals surface area (Å²) in [4.78, 5) is 13.0. The van der Waals surface area contributed by atoms with Crippen LogP contribution in [0.15, 0.2) is 59.0 Å². The molecule has 114 valence electrons. The van der Waals surface area contributed by atoms with Crippen LogP contribution in [0.25, 0.3) is 11.5 Å². The van der Waals surface area contributed by atoms with Gasteiger partial charge >= 0.3 is 0 Å². The topological polar surface area (TPSA) is 48.0 Å². The van der Waals surface area contributed by atoms with E-state index in [1.807, 2.05) is 54.6 Å². The van der Waals surface area contributed by atoms with Crippen molar-refractivity contribution in [2.75, 3.05) is 0 Å². The number of aromatic nitrogens is 2. The SMILES string of the molecule is O=C1c2ccccc2CC[C@H]1n1nc(-c2ccccc2)oc1=S. The van der Waals surface area contributed by atoms with E-state index in [4.69, 9.17) is 16.6 Å². The molecule has 0 bridgehead atoms. The zero-order valence-electron chi connectivity index (χ0n) is 12.3. The van der Waals surface area contributed by atoms with Crippen LogP contribution in [0.1, 0.15) is 28.4 Å². The minimum atomic E-state index is -0.390. The Morgan fingerprint density at radius 2 is 1.83 bits per heavy atom. The fraction of sp³-hybridized carbons (Fsp3) is 0.167. The largest absolute Gasteiger partial charge is 0.409 e. The summed E-state index contributed by atoms with van der Waals surface area (Å²) in [7, 11) is 0. The molecule has 0 aliphatic heterocycles. The predicted molar refractivity (Wildman–Crippen MR) is 88.9 cm³/mol. The van der Waals surface area contributed by atoms with Gasteiger partial charge in [-0.2, -0.15) is 0 Å². The van der Waals surface area contributed by atoms with E-state index in [1.165, 1.54) is 0 Å². The van der Waals surface area contributed by atoms with Gasteiger partial charge in [0.15, 0.2) is 5.78 Å². The predicted octanol–water partition coefficient (Wildman–Crippen LogP) is 4.24. The smallest absolute Gasteiger partial charge is 0.288 e. The van der Waals surface area contributed by atoms with Crippen molar-refractivity contribution in [2.24, 2.45) is 0 Å². The standard InChI is InChI=1S/C18H14N2O2S/c21-16-14-9-5-4-6-12(14)10-11-15(16)20-18(23)22-17(19-20)13-7-2-1-3-8-13/h1-9,15H,10-11H2/t15-/m1/s1.